The zero-order valence-corrected chi connectivity index (χ0v) is 11.0. The minimum absolute atomic E-state index is 0.104. The van der Waals surface area contributed by atoms with Gasteiger partial charge in [-0.25, -0.2) is 4.39 Å². The summed E-state index contributed by atoms with van der Waals surface area (Å²) in [5.41, 5.74) is 6.01. The van der Waals surface area contributed by atoms with Crippen LogP contribution in [0.1, 0.15) is 5.56 Å². The summed E-state index contributed by atoms with van der Waals surface area (Å²) >= 11 is 3.28. The van der Waals surface area contributed by atoms with Crippen LogP contribution in [0.15, 0.2) is 22.7 Å². The summed E-state index contributed by atoms with van der Waals surface area (Å²) < 4.78 is 18.6. The van der Waals surface area contributed by atoms with Crippen LogP contribution < -0.4 is 11.1 Å². The van der Waals surface area contributed by atoms with Crippen molar-refractivity contribution in [3.63, 3.8) is 0 Å². The number of carbonyl (C=O) groups excluding carboxylic acids is 1. The molecule has 0 saturated carbocycles. The molecule has 0 fully saturated rings. The lowest BCUT2D eigenvalue weighted by Gasteiger charge is -2.13. The highest BCUT2D eigenvalue weighted by atomic mass is 79.9. The number of benzene rings is 1. The first kappa shape index (κ1) is 14.1. The lowest BCUT2D eigenvalue weighted by molar-refractivity contribution is -0.130. The van der Waals surface area contributed by atoms with E-state index in [1.807, 2.05) is 0 Å². The van der Waals surface area contributed by atoms with Gasteiger partial charge in [-0.1, -0.05) is 15.9 Å². The second-order valence-corrected chi connectivity index (χ2v) is 4.27. The fraction of sp³-hybridized carbons (Fsp3) is 0.364. The molecule has 4 nitrogen and oxygen atoms in total. The molecule has 17 heavy (non-hydrogen) atoms. The lowest BCUT2D eigenvalue weighted by Crippen LogP contribution is -2.40. The second-order valence-electron chi connectivity index (χ2n) is 3.41. The predicted molar refractivity (Wildman–Crippen MR) is 65.8 cm³/mol. The topological polar surface area (TPSA) is 64.3 Å². The second kappa shape index (κ2) is 6.68. The Hall–Kier alpha value is -0.980. The normalized spacial score (nSPS) is 12.2. The molecule has 94 valence electrons. The van der Waals surface area contributed by atoms with Gasteiger partial charge in [0.15, 0.2) is 0 Å². The van der Waals surface area contributed by atoms with Crippen molar-refractivity contribution < 1.29 is 13.9 Å². The molecule has 1 amide bonds. The maximum atomic E-state index is 13.0. The fourth-order valence-electron chi connectivity index (χ4n) is 1.29. The summed E-state index contributed by atoms with van der Waals surface area (Å²) in [5, 5.41) is 2.63. The van der Waals surface area contributed by atoms with Gasteiger partial charge in [-0.2, -0.15) is 0 Å². The fourth-order valence-corrected chi connectivity index (χ4v) is 1.67. The van der Waals surface area contributed by atoms with Crippen molar-refractivity contribution in [2.45, 2.75) is 12.6 Å². The first-order valence-electron chi connectivity index (χ1n) is 5.03. The highest BCUT2D eigenvalue weighted by Gasteiger charge is 2.15. The van der Waals surface area contributed by atoms with Gasteiger partial charge in [0.1, 0.15) is 11.9 Å². The molecule has 1 rings (SSSR count). The van der Waals surface area contributed by atoms with Crippen molar-refractivity contribution in [2.75, 3.05) is 13.7 Å². The Balaban J connectivity index is 2.61. The van der Waals surface area contributed by atoms with Crippen molar-refractivity contribution in [1.82, 2.24) is 5.32 Å². The number of hydrogen-bond acceptors (Lipinski definition) is 3. The van der Waals surface area contributed by atoms with Gasteiger partial charge in [-0.3, -0.25) is 4.79 Å². The maximum Gasteiger partial charge on any atom is 0.250 e. The number of methoxy groups -OCH3 is 1. The number of hydrogen-bond donors (Lipinski definition) is 2. The van der Waals surface area contributed by atoms with Gasteiger partial charge in [-0.05, 0) is 23.8 Å². The summed E-state index contributed by atoms with van der Waals surface area (Å²) in [7, 11) is 1.41. The summed E-state index contributed by atoms with van der Waals surface area (Å²) in [6.07, 6.45) is -0.678. The molecular formula is C11H14BrFN2O2. The Morgan fingerprint density at radius 1 is 1.65 bits per heavy atom. The van der Waals surface area contributed by atoms with E-state index in [0.29, 0.717) is 5.56 Å². The molecule has 0 aliphatic heterocycles. The van der Waals surface area contributed by atoms with Crippen LogP contribution in [0.25, 0.3) is 0 Å². The molecule has 0 aliphatic rings. The van der Waals surface area contributed by atoms with E-state index in [1.165, 1.54) is 19.2 Å². The first-order valence-corrected chi connectivity index (χ1v) is 5.82. The number of amides is 1. The third-order valence-corrected chi connectivity index (χ3v) is 3.03. The molecule has 0 bridgehead atoms. The van der Waals surface area contributed by atoms with E-state index in [9.17, 15) is 9.18 Å². The van der Waals surface area contributed by atoms with Gasteiger partial charge in [0.05, 0.1) is 0 Å². The number of ether oxygens (including phenoxy) is 1. The molecule has 0 spiro atoms. The monoisotopic (exact) mass is 304 g/mol. The summed E-state index contributed by atoms with van der Waals surface area (Å²) in [6, 6.07) is 4.29. The van der Waals surface area contributed by atoms with Gasteiger partial charge in [-0.15, -0.1) is 0 Å². The van der Waals surface area contributed by atoms with Crippen LogP contribution in [0.3, 0.4) is 0 Å². The van der Waals surface area contributed by atoms with E-state index in [2.05, 4.69) is 21.2 Å². The van der Waals surface area contributed by atoms with Gasteiger partial charge >= 0.3 is 0 Å². The summed E-state index contributed by atoms with van der Waals surface area (Å²) in [5.74, 6) is -0.661. The number of halogens is 2. The van der Waals surface area contributed by atoms with Gasteiger partial charge in [0.2, 0.25) is 0 Å². The lowest BCUT2D eigenvalue weighted by atomic mass is 10.2. The Kier molecular flexibility index (Phi) is 5.54. The van der Waals surface area contributed by atoms with Crippen LogP contribution in [-0.4, -0.2) is 25.7 Å². The van der Waals surface area contributed by atoms with E-state index in [4.69, 9.17) is 10.5 Å². The number of nitrogens with one attached hydrogen (secondary N) is 1. The van der Waals surface area contributed by atoms with E-state index < -0.39 is 6.10 Å². The van der Waals surface area contributed by atoms with Crippen LogP contribution in [0.5, 0.6) is 0 Å². The molecule has 0 aliphatic carbocycles. The van der Waals surface area contributed by atoms with Gasteiger partial charge < -0.3 is 15.8 Å². The molecule has 0 saturated heterocycles. The number of rotatable bonds is 5. The van der Waals surface area contributed by atoms with E-state index in [-0.39, 0.29) is 24.8 Å². The molecule has 0 heterocycles. The molecule has 3 N–H and O–H groups in total. The predicted octanol–water partition coefficient (Wildman–Crippen LogP) is 1.18. The maximum absolute atomic E-state index is 13.0. The Morgan fingerprint density at radius 3 is 2.94 bits per heavy atom. The Morgan fingerprint density at radius 2 is 2.35 bits per heavy atom. The zero-order chi connectivity index (χ0) is 12.8. The van der Waals surface area contributed by atoms with E-state index in [0.717, 1.165) is 4.47 Å². The third-order valence-electron chi connectivity index (χ3n) is 2.25. The van der Waals surface area contributed by atoms with Crippen LogP contribution in [0.4, 0.5) is 4.39 Å². The van der Waals surface area contributed by atoms with Crippen molar-refractivity contribution in [3.05, 3.63) is 34.1 Å². The van der Waals surface area contributed by atoms with Crippen LogP contribution >= 0.6 is 15.9 Å². The molecule has 1 aromatic carbocycles. The van der Waals surface area contributed by atoms with Gasteiger partial charge in [0.25, 0.3) is 5.91 Å². The molecular weight excluding hydrogens is 291 g/mol. The minimum Gasteiger partial charge on any atom is -0.370 e. The van der Waals surface area contributed by atoms with Crippen molar-refractivity contribution in [3.8, 4) is 0 Å². The highest BCUT2D eigenvalue weighted by Crippen LogP contribution is 2.17. The molecule has 0 radical (unpaired) electrons. The first-order chi connectivity index (χ1) is 8.08. The average Bonchev–Trinajstić information content (AvgIpc) is 2.32. The van der Waals surface area contributed by atoms with E-state index >= 15 is 0 Å². The SMILES string of the molecule is COC(CN)C(=O)NCc1cc(F)ccc1Br. The molecule has 1 unspecified atom stereocenters. The number of nitrogens with two attached hydrogens (primary N) is 1. The number of carbonyl (C=O) groups is 1. The average molecular weight is 305 g/mol. The molecule has 0 aromatic heterocycles. The van der Waals surface area contributed by atoms with Crippen LogP contribution in [-0.2, 0) is 16.1 Å². The molecule has 1 aromatic rings. The largest absolute Gasteiger partial charge is 0.370 e. The van der Waals surface area contributed by atoms with Crippen molar-refractivity contribution >= 4 is 21.8 Å². The smallest absolute Gasteiger partial charge is 0.250 e. The van der Waals surface area contributed by atoms with E-state index in [1.54, 1.807) is 6.07 Å². The summed E-state index contributed by atoms with van der Waals surface area (Å²) in [6.45, 7) is 0.323. The van der Waals surface area contributed by atoms with Gasteiger partial charge in [0, 0.05) is 24.7 Å². The Labute approximate surface area is 107 Å². The summed E-state index contributed by atoms with van der Waals surface area (Å²) in [4.78, 5) is 11.5. The van der Waals surface area contributed by atoms with Crippen LogP contribution in [0.2, 0.25) is 0 Å². The quantitative estimate of drug-likeness (QED) is 0.858. The minimum atomic E-state index is -0.678. The molecule has 1 atom stereocenters. The van der Waals surface area contributed by atoms with Crippen LogP contribution in [0, 0.1) is 5.82 Å². The Bertz CT molecular complexity index is 397. The van der Waals surface area contributed by atoms with Crippen molar-refractivity contribution in [1.29, 1.82) is 0 Å². The third kappa shape index (κ3) is 4.07. The zero-order valence-electron chi connectivity index (χ0n) is 9.37. The molecule has 6 heteroatoms. The van der Waals surface area contributed by atoms with Crippen molar-refractivity contribution in [2.24, 2.45) is 5.73 Å². The highest BCUT2D eigenvalue weighted by molar-refractivity contribution is 9.10. The standard InChI is InChI=1S/C11H14BrFN2O2/c1-17-10(5-14)11(16)15-6-7-4-8(13)2-3-9(7)12/h2-4,10H,5-6,14H2,1H3,(H,15,16).